The second-order valence-corrected chi connectivity index (χ2v) is 7.31. The first-order valence-electron chi connectivity index (χ1n) is 9.03. The van der Waals surface area contributed by atoms with E-state index in [1.54, 1.807) is 4.90 Å². The fourth-order valence-electron chi connectivity index (χ4n) is 4.52. The maximum absolute atomic E-state index is 11.8. The molecule has 0 spiro atoms. The number of amides is 1. The lowest BCUT2D eigenvalue weighted by Gasteiger charge is -2.34. The second kappa shape index (κ2) is 6.55. The van der Waals surface area contributed by atoms with Crippen molar-refractivity contribution < 1.29 is 14.3 Å². The van der Waals surface area contributed by atoms with Crippen LogP contribution in [0.25, 0.3) is 0 Å². The third-order valence-electron chi connectivity index (χ3n) is 5.88. The summed E-state index contributed by atoms with van der Waals surface area (Å²) in [5.41, 5.74) is 6.49. The quantitative estimate of drug-likeness (QED) is 0.693. The minimum Gasteiger partial charge on any atom is -0.442 e. The smallest absolute Gasteiger partial charge is 0.410 e. The number of carbonyl (C=O) groups is 1. The summed E-state index contributed by atoms with van der Waals surface area (Å²) in [5.74, 6) is 0. The van der Waals surface area contributed by atoms with Crippen LogP contribution in [-0.4, -0.2) is 67.6 Å². The highest BCUT2D eigenvalue weighted by Crippen LogP contribution is 2.31. The van der Waals surface area contributed by atoms with E-state index < -0.39 is 0 Å². The molecule has 23 heavy (non-hydrogen) atoms. The maximum atomic E-state index is 11.8. The van der Waals surface area contributed by atoms with Gasteiger partial charge >= 0.3 is 6.09 Å². The lowest BCUT2D eigenvalue weighted by atomic mass is 9.88. The largest absolute Gasteiger partial charge is 0.442 e. The summed E-state index contributed by atoms with van der Waals surface area (Å²) < 4.78 is 11.8. The van der Waals surface area contributed by atoms with Crippen molar-refractivity contribution in [3.05, 3.63) is 0 Å². The number of hydrogen-bond acceptors (Lipinski definition) is 6. The molecule has 0 aromatic heterocycles. The van der Waals surface area contributed by atoms with Crippen LogP contribution in [0.3, 0.4) is 0 Å². The first-order valence-corrected chi connectivity index (χ1v) is 9.03. The van der Waals surface area contributed by atoms with E-state index in [2.05, 4.69) is 16.2 Å². The molecule has 4 aliphatic rings. The number of nitrogens with zero attached hydrogens (tertiary/aromatic N) is 1. The zero-order chi connectivity index (χ0) is 15.8. The number of carbonyl (C=O) groups excluding carboxylic acids is 1. The van der Waals surface area contributed by atoms with Crippen LogP contribution in [0.5, 0.6) is 0 Å². The van der Waals surface area contributed by atoms with Gasteiger partial charge in [-0.1, -0.05) is 0 Å². The first kappa shape index (κ1) is 15.6. The normalized spacial score (nSPS) is 43.7. The predicted octanol–water partition coefficient (Wildman–Crippen LogP) is 0.362. The highest BCUT2D eigenvalue weighted by Gasteiger charge is 2.46. The number of nitrogens with one attached hydrogen (secondary N) is 3. The summed E-state index contributed by atoms with van der Waals surface area (Å²) in [4.78, 5) is 13.5. The predicted molar refractivity (Wildman–Crippen MR) is 84.9 cm³/mol. The molecule has 0 aromatic carbocycles. The van der Waals surface area contributed by atoms with Crippen LogP contribution in [-0.2, 0) is 9.47 Å². The van der Waals surface area contributed by atoms with Crippen LogP contribution in [0.2, 0.25) is 0 Å². The maximum Gasteiger partial charge on any atom is 0.410 e. The van der Waals surface area contributed by atoms with Crippen LogP contribution in [0.1, 0.15) is 38.5 Å². The van der Waals surface area contributed by atoms with Crippen molar-refractivity contribution in [3.63, 3.8) is 0 Å². The fraction of sp³-hybridized carbons (Fsp3) is 0.938. The zero-order valence-electron chi connectivity index (χ0n) is 13.8. The molecule has 3 saturated heterocycles. The Morgan fingerprint density at radius 2 is 2.17 bits per heavy atom. The molecule has 1 amide bonds. The van der Waals surface area contributed by atoms with Gasteiger partial charge in [-0.2, -0.15) is 0 Å². The van der Waals surface area contributed by atoms with Gasteiger partial charge in [-0.25, -0.2) is 4.79 Å². The molecule has 130 valence electrons. The van der Waals surface area contributed by atoms with Gasteiger partial charge < -0.3 is 19.7 Å². The van der Waals surface area contributed by atoms with E-state index in [0.29, 0.717) is 12.1 Å². The van der Waals surface area contributed by atoms with Gasteiger partial charge in [-0.05, 0) is 38.5 Å². The Morgan fingerprint density at radius 3 is 3.00 bits per heavy atom. The van der Waals surface area contributed by atoms with Crippen LogP contribution in [0.4, 0.5) is 4.79 Å². The standard InChI is InChI=1S/C16H28N4O3/c1-20-13-4-2-3-12(15(13)23-16(20)21)17-9-10-5-6-14(22-10)11-7-8-18-19-11/h10-15,17-19H,2-9H2,1H3. The van der Waals surface area contributed by atoms with Crippen molar-refractivity contribution in [2.45, 2.75) is 75.0 Å². The Bertz CT molecular complexity index is 443. The van der Waals surface area contributed by atoms with Crippen molar-refractivity contribution in [1.82, 2.24) is 21.1 Å². The minimum atomic E-state index is -0.175. The molecule has 3 heterocycles. The van der Waals surface area contributed by atoms with Crippen LogP contribution >= 0.6 is 0 Å². The summed E-state index contributed by atoms with van der Waals surface area (Å²) in [6.45, 7) is 1.88. The Labute approximate surface area is 137 Å². The molecule has 4 rings (SSSR count). The van der Waals surface area contributed by atoms with E-state index >= 15 is 0 Å². The summed E-state index contributed by atoms with van der Waals surface area (Å²) in [6, 6.07) is 0.944. The first-order chi connectivity index (χ1) is 11.2. The van der Waals surface area contributed by atoms with Gasteiger partial charge in [0, 0.05) is 32.2 Å². The van der Waals surface area contributed by atoms with Gasteiger partial charge in [-0.15, -0.1) is 0 Å². The second-order valence-electron chi connectivity index (χ2n) is 7.31. The topological polar surface area (TPSA) is 74.9 Å². The van der Waals surface area contributed by atoms with Crippen LogP contribution < -0.4 is 16.2 Å². The Kier molecular flexibility index (Phi) is 4.45. The van der Waals surface area contributed by atoms with E-state index in [1.807, 2.05) is 7.05 Å². The molecular weight excluding hydrogens is 296 g/mol. The van der Waals surface area contributed by atoms with Crippen LogP contribution in [0.15, 0.2) is 0 Å². The van der Waals surface area contributed by atoms with Crippen molar-refractivity contribution in [1.29, 1.82) is 0 Å². The summed E-state index contributed by atoms with van der Waals surface area (Å²) in [6.07, 6.45) is 7.07. The molecule has 7 heteroatoms. The van der Waals surface area contributed by atoms with Crippen molar-refractivity contribution in [3.8, 4) is 0 Å². The fourth-order valence-corrected chi connectivity index (χ4v) is 4.52. The molecule has 4 fully saturated rings. The lowest BCUT2D eigenvalue weighted by Crippen LogP contribution is -2.51. The number of rotatable bonds is 4. The Hall–Kier alpha value is -0.890. The van der Waals surface area contributed by atoms with Gasteiger partial charge in [0.2, 0.25) is 0 Å². The molecular formula is C16H28N4O3. The molecule has 7 nitrogen and oxygen atoms in total. The van der Waals surface area contributed by atoms with Gasteiger partial charge in [0.15, 0.2) is 0 Å². The van der Waals surface area contributed by atoms with Gasteiger partial charge in [0.05, 0.1) is 18.2 Å². The number of hydrazine groups is 1. The van der Waals surface area contributed by atoms with E-state index in [-0.39, 0.29) is 30.4 Å². The van der Waals surface area contributed by atoms with Gasteiger partial charge in [0.1, 0.15) is 6.10 Å². The van der Waals surface area contributed by atoms with E-state index in [4.69, 9.17) is 9.47 Å². The van der Waals surface area contributed by atoms with E-state index in [9.17, 15) is 4.79 Å². The van der Waals surface area contributed by atoms with Gasteiger partial charge in [-0.3, -0.25) is 10.9 Å². The highest BCUT2D eigenvalue weighted by molar-refractivity contribution is 5.70. The molecule has 3 aliphatic heterocycles. The molecule has 1 saturated carbocycles. The number of hydrogen-bond donors (Lipinski definition) is 3. The molecule has 0 radical (unpaired) electrons. The van der Waals surface area contributed by atoms with Crippen molar-refractivity contribution in [2.75, 3.05) is 20.1 Å². The zero-order valence-corrected chi connectivity index (χ0v) is 13.8. The summed E-state index contributed by atoms with van der Waals surface area (Å²) >= 11 is 0. The molecule has 0 bridgehead atoms. The Balaban J connectivity index is 1.27. The lowest BCUT2D eigenvalue weighted by molar-refractivity contribution is 0.0186. The van der Waals surface area contributed by atoms with Gasteiger partial charge in [0.25, 0.3) is 0 Å². The highest BCUT2D eigenvalue weighted by atomic mass is 16.6. The molecule has 0 aromatic rings. The van der Waals surface area contributed by atoms with Crippen molar-refractivity contribution >= 4 is 6.09 Å². The average Bonchev–Trinajstić information content (AvgIpc) is 3.27. The monoisotopic (exact) mass is 324 g/mol. The molecule has 1 aliphatic carbocycles. The summed E-state index contributed by atoms with van der Waals surface area (Å²) in [7, 11) is 1.85. The van der Waals surface area contributed by atoms with Crippen molar-refractivity contribution in [2.24, 2.45) is 0 Å². The number of likely N-dealkylation sites (N-methyl/N-ethyl adjacent to an activating group) is 1. The molecule has 6 unspecified atom stereocenters. The summed E-state index contributed by atoms with van der Waals surface area (Å²) in [5, 5.41) is 3.62. The van der Waals surface area contributed by atoms with E-state index in [0.717, 1.165) is 51.6 Å². The average molecular weight is 324 g/mol. The molecule has 3 N–H and O–H groups in total. The SMILES string of the molecule is CN1C(=O)OC2C(NCC3CCC(C4CCNN4)O3)CCCC21. The number of fused-ring (bicyclic) bond motifs is 1. The minimum absolute atomic E-state index is 0.000788. The van der Waals surface area contributed by atoms with E-state index in [1.165, 1.54) is 0 Å². The Morgan fingerprint density at radius 1 is 1.26 bits per heavy atom. The van der Waals surface area contributed by atoms with Crippen LogP contribution in [0, 0.1) is 0 Å². The third kappa shape index (κ3) is 3.07. The third-order valence-corrected chi connectivity index (χ3v) is 5.88. The number of ether oxygens (including phenoxy) is 2. The molecule has 6 atom stereocenters.